The van der Waals surface area contributed by atoms with E-state index in [2.05, 4.69) is 5.32 Å². The van der Waals surface area contributed by atoms with Gasteiger partial charge in [-0.15, -0.1) is 0 Å². The zero-order valence-corrected chi connectivity index (χ0v) is 14.9. The summed E-state index contributed by atoms with van der Waals surface area (Å²) < 4.78 is 0. The van der Waals surface area contributed by atoms with Gasteiger partial charge in [0.25, 0.3) is 0 Å². The van der Waals surface area contributed by atoms with Gasteiger partial charge in [0, 0.05) is 17.2 Å². The smallest absolute Gasteiger partial charge is 0.193 e. The number of hydrogen-bond donors (Lipinski definition) is 3. The Kier molecular flexibility index (Phi) is 4.65. The van der Waals surface area contributed by atoms with Crippen LogP contribution in [0.3, 0.4) is 0 Å². The van der Waals surface area contributed by atoms with Crippen LogP contribution < -0.4 is 5.32 Å². The summed E-state index contributed by atoms with van der Waals surface area (Å²) in [4.78, 5) is 12.5. The van der Waals surface area contributed by atoms with E-state index < -0.39 is 0 Å². The van der Waals surface area contributed by atoms with Gasteiger partial charge in [0.05, 0.1) is 0 Å². The predicted octanol–water partition coefficient (Wildman–Crippen LogP) is 3.76. The fraction of sp³-hybridized carbons (Fsp3) is 0.174. The van der Waals surface area contributed by atoms with Crippen molar-refractivity contribution in [2.45, 2.75) is 18.9 Å². The second kappa shape index (κ2) is 7.25. The van der Waals surface area contributed by atoms with Crippen LogP contribution in [0, 0.1) is 0 Å². The number of hydrogen-bond acceptors (Lipinski definition) is 4. The molecule has 3 aromatic carbocycles. The average Bonchev–Trinajstić information content (AvgIpc) is 2.70. The average molecular weight is 359 g/mol. The lowest BCUT2D eigenvalue weighted by atomic mass is 9.89. The Balaban J connectivity index is 1.53. The van der Waals surface area contributed by atoms with E-state index >= 15 is 0 Å². The molecule has 1 aliphatic rings. The van der Waals surface area contributed by atoms with Gasteiger partial charge in [-0.05, 0) is 48.2 Å². The van der Waals surface area contributed by atoms with Gasteiger partial charge < -0.3 is 15.5 Å². The summed E-state index contributed by atoms with van der Waals surface area (Å²) in [5, 5.41) is 23.0. The lowest BCUT2D eigenvalue weighted by Gasteiger charge is -2.27. The molecule has 0 amide bonds. The van der Waals surface area contributed by atoms with Gasteiger partial charge in [0.1, 0.15) is 0 Å². The molecule has 1 atom stereocenters. The first-order chi connectivity index (χ1) is 13.1. The topological polar surface area (TPSA) is 69.6 Å². The number of carbonyl (C=O) groups is 1. The number of phenols is 2. The minimum Gasteiger partial charge on any atom is -0.504 e. The molecule has 136 valence electrons. The maximum absolute atomic E-state index is 12.5. The normalized spacial score (nSPS) is 15.9. The second-order valence-corrected chi connectivity index (χ2v) is 6.89. The number of carbonyl (C=O) groups excluding carboxylic acids is 1. The highest BCUT2D eigenvalue weighted by atomic mass is 16.3. The highest BCUT2D eigenvalue weighted by Gasteiger charge is 2.22. The Bertz CT molecular complexity index is 965. The number of nitrogens with one attached hydrogen (secondary N) is 1. The van der Waals surface area contributed by atoms with Crippen LogP contribution in [0.5, 0.6) is 11.5 Å². The molecule has 4 heteroatoms. The molecule has 3 N–H and O–H groups in total. The third-order valence-electron chi connectivity index (χ3n) is 5.09. The minimum atomic E-state index is -0.0914. The van der Waals surface area contributed by atoms with Crippen LogP contribution in [0.1, 0.15) is 38.7 Å². The molecular weight excluding hydrogens is 338 g/mol. The maximum Gasteiger partial charge on any atom is 0.193 e. The van der Waals surface area contributed by atoms with Crippen LogP contribution >= 0.6 is 0 Å². The molecule has 1 aliphatic heterocycles. The van der Waals surface area contributed by atoms with Gasteiger partial charge in [-0.1, -0.05) is 54.6 Å². The maximum atomic E-state index is 12.5. The fourth-order valence-electron chi connectivity index (χ4n) is 3.63. The summed E-state index contributed by atoms with van der Waals surface area (Å²) in [5.74, 6) is -0.145. The zero-order chi connectivity index (χ0) is 18.8. The Labute approximate surface area is 158 Å². The van der Waals surface area contributed by atoms with E-state index in [0.29, 0.717) is 11.1 Å². The molecule has 4 rings (SSSR count). The SMILES string of the molecule is O=C(c1ccccc1)c1ccc(CC2NCCc3cc(O)c(O)cc32)cc1. The van der Waals surface area contributed by atoms with E-state index in [9.17, 15) is 15.0 Å². The summed E-state index contributed by atoms with van der Waals surface area (Å²) in [6.45, 7) is 0.826. The zero-order valence-electron chi connectivity index (χ0n) is 14.9. The number of aromatic hydroxyl groups is 2. The summed E-state index contributed by atoms with van der Waals surface area (Å²) in [6, 6.07) is 20.3. The van der Waals surface area contributed by atoms with Crippen molar-refractivity contribution in [1.82, 2.24) is 5.32 Å². The molecule has 4 nitrogen and oxygen atoms in total. The molecule has 0 aromatic heterocycles. The summed E-state index contributed by atoms with van der Waals surface area (Å²) in [7, 11) is 0. The Morgan fingerprint density at radius 1 is 0.926 bits per heavy atom. The van der Waals surface area contributed by atoms with Crippen molar-refractivity contribution in [3.63, 3.8) is 0 Å². The highest BCUT2D eigenvalue weighted by Crippen LogP contribution is 2.34. The Morgan fingerprint density at radius 3 is 2.33 bits per heavy atom. The predicted molar refractivity (Wildman–Crippen MR) is 104 cm³/mol. The van der Waals surface area contributed by atoms with Crippen LogP contribution in [0.2, 0.25) is 0 Å². The first-order valence-corrected chi connectivity index (χ1v) is 9.08. The van der Waals surface area contributed by atoms with Gasteiger partial charge in [0.2, 0.25) is 0 Å². The van der Waals surface area contributed by atoms with E-state index in [1.165, 1.54) is 0 Å². The number of fused-ring (bicyclic) bond motifs is 1. The Hall–Kier alpha value is -3.11. The van der Waals surface area contributed by atoms with Crippen molar-refractivity contribution < 1.29 is 15.0 Å². The van der Waals surface area contributed by atoms with Crippen LogP contribution in [0.15, 0.2) is 66.7 Å². The van der Waals surface area contributed by atoms with Crippen LogP contribution in [-0.2, 0) is 12.8 Å². The van der Waals surface area contributed by atoms with Gasteiger partial charge in [-0.2, -0.15) is 0 Å². The monoisotopic (exact) mass is 359 g/mol. The lowest BCUT2D eigenvalue weighted by molar-refractivity contribution is 0.103. The molecule has 0 saturated carbocycles. The Morgan fingerprint density at radius 2 is 1.59 bits per heavy atom. The third-order valence-corrected chi connectivity index (χ3v) is 5.09. The van der Waals surface area contributed by atoms with Gasteiger partial charge in [-0.25, -0.2) is 0 Å². The summed E-state index contributed by atoms with van der Waals surface area (Å²) in [6.07, 6.45) is 1.57. The van der Waals surface area contributed by atoms with Crippen molar-refractivity contribution in [3.8, 4) is 11.5 Å². The second-order valence-electron chi connectivity index (χ2n) is 6.89. The minimum absolute atomic E-state index is 0.0173. The molecule has 1 heterocycles. The van der Waals surface area contributed by atoms with Crippen LogP contribution in [-0.4, -0.2) is 22.5 Å². The van der Waals surface area contributed by atoms with Crippen molar-refractivity contribution >= 4 is 5.78 Å². The molecule has 27 heavy (non-hydrogen) atoms. The number of benzene rings is 3. The molecule has 0 saturated heterocycles. The van der Waals surface area contributed by atoms with E-state index in [0.717, 1.165) is 36.1 Å². The largest absolute Gasteiger partial charge is 0.504 e. The lowest BCUT2D eigenvalue weighted by Crippen LogP contribution is -2.31. The van der Waals surface area contributed by atoms with Gasteiger partial charge in [0.15, 0.2) is 17.3 Å². The fourth-order valence-corrected chi connectivity index (χ4v) is 3.63. The number of phenolic OH excluding ortho intramolecular Hbond substituents is 2. The van der Waals surface area contributed by atoms with Crippen LogP contribution in [0.25, 0.3) is 0 Å². The van der Waals surface area contributed by atoms with Crippen molar-refractivity contribution in [2.75, 3.05) is 6.54 Å². The molecule has 0 aliphatic carbocycles. The standard InChI is InChI=1S/C23H21NO3/c25-21-13-18-10-11-24-20(19(18)14-22(21)26)12-15-6-8-17(9-7-15)23(27)16-4-2-1-3-5-16/h1-9,13-14,20,24-26H,10-12H2. The van der Waals surface area contributed by atoms with Crippen molar-refractivity contribution in [1.29, 1.82) is 0 Å². The molecule has 1 unspecified atom stereocenters. The molecule has 0 radical (unpaired) electrons. The molecule has 0 bridgehead atoms. The van der Waals surface area contributed by atoms with E-state index in [1.807, 2.05) is 54.6 Å². The first kappa shape index (κ1) is 17.3. The summed E-state index contributed by atoms with van der Waals surface area (Å²) >= 11 is 0. The van der Waals surface area contributed by atoms with E-state index in [4.69, 9.17) is 0 Å². The third kappa shape index (κ3) is 3.57. The number of ketones is 1. The van der Waals surface area contributed by atoms with Crippen LogP contribution in [0.4, 0.5) is 0 Å². The van der Waals surface area contributed by atoms with E-state index in [1.54, 1.807) is 12.1 Å². The van der Waals surface area contributed by atoms with Gasteiger partial charge in [-0.3, -0.25) is 4.79 Å². The quantitative estimate of drug-likeness (QED) is 0.490. The van der Waals surface area contributed by atoms with Crippen molar-refractivity contribution in [3.05, 3.63) is 94.5 Å². The van der Waals surface area contributed by atoms with Gasteiger partial charge >= 0.3 is 0 Å². The van der Waals surface area contributed by atoms with Crippen molar-refractivity contribution in [2.24, 2.45) is 0 Å². The molecule has 0 spiro atoms. The molecule has 0 fully saturated rings. The van der Waals surface area contributed by atoms with E-state index in [-0.39, 0.29) is 23.3 Å². The first-order valence-electron chi connectivity index (χ1n) is 9.08. The summed E-state index contributed by atoms with van der Waals surface area (Å²) in [5.41, 5.74) is 4.54. The highest BCUT2D eigenvalue weighted by molar-refractivity contribution is 6.08. The molecule has 3 aromatic rings. The number of rotatable bonds is 4. The molecular formula is C23H21NO3.